The van der Waals surface area contributed by atoms with Gasteiger partial charge in [0.1, 0.15) is 11.5 Å². The summed E-state index contributed by atoms with van der Waals surface area (Å²) in [4.78, 5) is 25.6. The molecular formula is C48H62O4. The van der Waals surface area contributed by atoms with Gasteiger partial charge in [0.05, 0.1) is 11.1 Å². The Morgan fingerprint density at radius 3 is 0.808 bits per heavy atom. The van der Waals surface area contributed by atoms with Crippen LogP contribution >= 0.6 is 0 Å². The van der Waals surface area contributed by atoms with Crippen molar-refractivity contribution in [2.75, 3.05) is 0 Å². The van der Waals surface area contributed by atoms with Crippen molar-refractivity contribution in [3.63, 3.8) is 0 Å². The molecule has 0 amide bonds. The van der Waals surface area contributed by atoms with Crippen LogP contribution in [-0.2, 0) is 10.8 Å². The summed E-state index contributed by atoms with van der Waals surface area (Å²) >= 11 is 0. The van der Waals surface area contributed by atoms with Crippen LogP contribution in [0.4, 0.5) is 0 Å². The Labute approximate surface area is 315 Å². The van der Waals surface area contributed by atoms with Crippen LogP contribution in [0.25, 0.3) is 0 Å². The van der Waals surface area contributed by atoms with Crippen LogP contribution in [0, 0.1) is 13.8 Å². The van der Waals surface area contributed by atoms with Gasteiger partial charge in [0.15, 0.2) is 0 Å². The molecule has 0 aliphatic heterocycles. The zero-order chi connectivity index (χ0) is 39.5. The quantitative estimate of drug-likeness (QED) is 0.119. The summed E-state index contributed by atoms with van der Waals surface area (Å²) in [5.74, 6) is -0.0867. The van der Waals surface area contributed by atoms with Gasteiger partial charge in [-0.2, -0.15) is 0 Å². The predicted octanol–water partition coefficient (Wildman–Crippen LogP) is 13.5. The first-order valence-electron chi connectivity index (χ1n) is 18.8. The Morgan fingerprint density at radius 2 is 0.577 bits per heavy atom. The number of aryl methyl sites for hydroxylation is 2. The first-order valence-corrected chi connectivity index (χ1v) is 18.8. The molecule has 52 heavy (non-hydrogen) atoms. The first-order chi connectivity index (χ1) is 24.9. The van der Waals surface area contributed by atoms with Gasteiger partial charge in [-0.05, 0) is 84.6 Å². The van der Waals surface area contributed by atoms with Crippen LogP contribution < -0.4 is 9.47 Å². The fourth-order valence-corrected chi connectivity index (χ4v) is 5.23. The number of esters is 2. The van der Waals surface area contributed by atoms with Gasteiger partial charge >= 0.3 is 11.9 Å². The van der Waals surface area contributed by atoms with E-state index in [1.807, 2.05) is 104 Å². The standard InChI is InChI=1S/C40H38O4.4C2H6/c1-27-7-15-31(16-8-27)39(3,4)33-19-23-35(24-20-33)43-37(41)29-11-13-30(14-12-29)38(42)44-36-25-21-34(22-26-36)40(5,6)32-17-9-28(2)10-18-32;4*1-2/h7-26H,1-6H3;4*1-2H3. The summed E-state index contributed by atoms with van der Waals surface area (Å²) in [5, 5.41) is 0. The average molecular weight is 703 g/mol. The second-order valence-corrected chi connectivity index (χ2v) is 12.4. The summed E-state index contributed by atoms with van der Waals surface area (Å²) in [6.07, 6.45) is 0. The minimum atomic E-state index is -0.498. The number of rotatable bonds is 8. The Hall–Kier alpha value is -4.96. The third-order valence-electron chi connectivity index (χ3n) is 8.48. The average Bonchev–Trinajstić information content (AvgIpc) is 3.19. The largest absolute Gasteiger partial charge is 0.423 e. The maximum Gasteiger partial charge on any atom is 0.343 e. The highest BCUT2D eigenvalue weighted by Crippen LogP contribution is 2.34. The van der Waals surface area contributed by atoms with E-state index in [4.69, 9.17) is 9.47 Å². The van der Waals surface area contributed by atoms with Crippen molar-refractivity contribution in [1.82, 2.24) is 0 Å². The molecule has 4 nitrogen and oxygen atoms in total. The van der Waals surface area contributed by atoms with Crippen molar-refractivity contribution in [2.24, 2.45) is 0 Å². The molecule has 0 fully saturated rings. The van der Waals surface area contributed by atoms with Gasteiger partial charge in [0.2, 0.25) is 0 Å². The molecule has 0 N–H and O–H groups in total. The van der Waals surface area contributed by atoms with E-state index in [2.05, 4.69) is 90.1 Å². The molecule has 0 atom stereocenters. The number of carbonyl (C=O) groups is 2. The Morgan fingerprint density at radius 1 is 0.365 bits per heavy atom. The summed E-state index contributed by atoms with van der Waals surface area (Å²) in [6.45, 7) is 28.8. The molecule has 0 heterocycles. The van der Waals surface area contributed by atoms with E-state index < -0.39 is 11.9 Å². The molecule has 0 aromatic heterocycles. The highest BCUT2D eigenvalue weighted by atomic mass is 16.5. The van der Waals surface area contributed by atoms with Gasteiger partial charge in [0.25, 0.3) is 0 Å². The lowest BCUT2D eigenvalue weighted by Gasteiger charge is -2.26. The number of benzene rings is 5. The van der Waals surface area contributed by atoms with E-state index in [-0.39, 0.29) is 10.8 Å². The molecule has 5 aromatic carbocycles. The highest BCUT2D eigenvalue weighted by Gasteiger charge is 2.24. The van der Waals surface area contributed by atoms with Gasteiger partial charge < -0.3 is 9.47 Å². The Kier molecular flexibility index (Phi) is 19.1. The lowest BCUT2D eigenvalue weighted by atomic mass is 9.78. The number of ether oxygens (including phenoxy) is 2. The van der Waals surface area contributed by atoms with Crippen LogP contribution in [0.1, 0.15) is 137 Å². The molecule has 0 saturated heterocycles. The molecule has 4 heteroatoms. The molecule has 0 radical (unpaired) electrons. The molecule has 278 valence electrons. The Bertz CT molecular complexity index is 1610. The fraction of sp³-hybridized carbons (Fsp3) is 0.333. The number of hydrogen-bond acceptors (Lipinski definition) is 4. The molecule has 0 saturated carbocycles. The van der Waals surface area contributed by atoms with Crippen molar-refractivity contribution in [1.29, 1.82) is 0 Å². The van der Waals surface area contributed by atoms with Gasteiger partial charge in [-0.25, -0.2) is 9.59 Å². The van der Waals surface area contributed by atoms with Crippen LogP contribution in [0.2, 0.25) is 0 Å². The van der Waals surface area contributed by atoms with Crippen LogP contribution in [0.3, 0.4) is 0 Å². The zero-order valence-electron chi connectivity index (χ0n) is 34.2. The molecule has 5 aromatic rings. The van der Waals surface area contributed by atoms with Gasteiger partial charge in [-0.1, -0.05) is 167 Å². The lowest BCUT2D eigenvalue weighted by molar-refractivity contribution is 0.0720. The molecule has 5 rings (SSSR count). The maximum atomic E-state index is 12.8. The van der Waals surface area contributed by atoms with Crippen LogP contribution in [0.5, 0.6) is 11.5 Å². The molecule has 0 bridgehead atoms. The van der Waals surface area contributed by atoms with Crippen molar-refractivity contribution >= 4 is 11.9 Å². The molecular weight excluding hydrogens is 641 g/mol. The van der Waals surface area contributed by atoms with Crippen molar-refractivity contribution in [3.8, 4) is 11.5 Å². The zero-order valence-corrected chi connectivity index (χ0v) is 34.2. The van der Waals surface area contributed by atoms with Crippen molar-refractivity contribution in [3.05, 3.63) is 166 Å². The van der Waals surface area contributed by atoms with E-state index in [1.54, 1.807) is 24.3 Å². The highest BCUT2D eigenvalue weighted by molar-refractivity contribution is 5.94. The summed E-state index contributed by atoms with van der Waals surface area (Å²) in [5.41, 5.74) is 7.40. The van der Waals surface area contributed by atoms with Gasteiger partial charge in [-0.15, -0.1) is 0 Å². The third kappa shape index (κ3) is 12.1. The molecule has 0 spiro atoms. The van der Waals surface area contributed by atoms with Crippen molar-refractivity contribution < 1.29 is 19.1 Å². The van der Waals surface area contributed by atoms with Gasteiger partial charge in [-0.3, -0.25) is 0 Å². The molecule has 0 unspecified atom stereocenters. The number of hydrogen-bond donors (Lipinski definition) is 0. The lowest BCUT2D eigenvalue weighted by Crippen LogP contribution is -2.19. The van der Waals surface area contributed by atoms with E-state index in [1.165, 1.54) is 22.3 Å². The second kappa shape index (κ2) is 22.1. The van der Waals surface area contributed by atoms with E-state index in [0.717, 1.165) is 11.1 Å². The van der Waals surface area contributed by atoms with E-state index in [0.29, 0.717) is 22.6 Å². The minimum Gasteiger partial charge on any atom is -0.423 e. The third-order valence-corrected chi connectivity index (χ3v) is 8.48. The second-order valence-electron chi connectivity index (χ2n) is 12.4. The monoisotopic (exact) mass is 702 g/mol. The first kappa shape index (κ1) is 45.1. The topological polar surface area (TPSA) is 52.6 Å². The van der Waals surface area contributed by atoms with Crippen molar-refractivity contribution in [2.45, 2.75) is 108 Å². The molecule has 0 aliphatic carbocycles. The smallest absolute Gasteiger partial charge is 0.343 e. The van der Waals surface area contributed by atoms with E-state index in [9.17, 15) is 9.59 Å². The Balaban J connectivity index is 0.00000158. The minimum absolute atomic E-state index is 0.194. The summed E-state index contributed by atoms with van der Waals surface area (Å²) in [6, 6.07) is 38.5. The maximum absolute atomic E-state index is 12.8. The fourth-order valence-electron chi connectivity index (χ4n) is 5.23. The van der Waals surface area contributed by atoms with Crippen LogP contribution in [-0.4, -0.2) is 11.9 Å². The molecule has 0 aliphatic rings. The number of carbonyl (C=O) groups excluding carboxylic acids is 2. The SMILES string of the molecule is CC.CC.CC.CC.Cc1ccc(C(C)(C)c2ccc(OC(=O)c3ccc(C(=O)Oc4ccc(C(C)(C)c5ccc(C)cc5)cc4)cc3)cc2)cc1. The van der Waals surface area contributed by atoms with Gasteiger partial charge in [0, 0.05) is 10.8 Å². The summed E-state index contributed by atoms with van der Waals surface area (Å²) in [7, 11) is 0. The summed E-state index contributed by atoms with van der Waals surface area (Å²) < 4.78 is 11.2. The predicted molar refractivity (Wildman–Crippen MR) is 221 cm³/mol. The van der Waals surface area contributed by atoms with Crippen LogP contribution in [0.15, 0.2) is 121 Å². The van der Waals surface area contributed by atoms with E-state index >= 15 is 0 Å². The normalized spacial score (nSPS) is 10.3.